The van der Waals surface area contributed by atoms with E-state index < -0.39 is 0 Å². The number of hydrogen-bond acceptors (Lipinski definition) is 3. The third kappa shape index (κ3) is 5.78. The Hall–Kier alpha value is -1.45. The lowest BCUT2D eigenvalue weighted by molar-refractivity contribution is 0.192. The van der Waals surface area contributed by atoms with E-state index in [4.69, 9.17) is 4.74 Å². The van der Waals surface area contributed by atoms with Gasteiger partial charge in [-0.15, -0.1) is 11.8 Å². The van der Waals surface area contributed by atoms with E-state index in [-0.39, 0.29) is 0 Å². The summed E-state index contributed by atoms with van der Waals surface area (Å²) in [5, 5.41) is 9.90. The van der Waals surface area contributed by atoms with Gasteiger partial charge in [0.1, 0.15) is 5.75 Å². The maximum Gasteiger partial charge on any atom is 0.116 e. The van der Waals surface area contributed by atoms with Crippen molar-refractivity contribution in [1.82, 2.24) is 0 Å². The van der Waals surface area contributed by atoms with Crippen LogP contribution in [0.1, 0.15) is 73.5 Å². The number of methoxy groups -OCH3 is 1. The molecule has 0 saturated carbocycles. The van der Waals surface area contributed by atoms with Crippen molar-refractivity contribution in [2.75, 3.05) is 19.5 Å². The summed E-state index contributed by atoms with van der Waals surface area (Å²) < 4.78 is 5.13. The Balaban J connectivity index is 1.63. The van der Waals surface area contributed by atoms with Gasteiger partial charge in [-0.05, 0) is 48.9 Å². The lowest BCUT2D eigenvalue weighted by atomic mass is 9.79. The SMILES string of the molecule is COCCCCCCCCC1c2ccc(O)cc2SCC1c1ccc(C)cc1. The number of phenols is 1. The minimum Gasteiger partial charge on any atom is -0.508 e. The fraction of sp³-hybridized carbons (Fsp3) is 0.520. The predicted octanol–water partition coefficient (Wildman–Crippen LogP) is 7.05. The predicted molar refractivity (Wildman–Crippen MR) is 120 cm³/mol. The molecule has 0 saturated heterocycles. The van der Waals surface area contributed by atoms with E-state index in [2.05, 4.69) is 37.3 Å². The van der Waals surface area contributed by atoms with Gasteiger partial charge in [0.2, 0.25) is 0 Å². The van der Waals surface area contributed by atoms with Crippen LogP contribution in [0.3, 0.4) is 0 Å². The molecule has 0 spiro atoms. The fourth-order valence-electron chi connectivity index (χ4n) is 4.28. The first kappa shape index (κ1) is 21.3. The Morgan fingerprint density at radius 2 is 1.68 bits per heavy atom. The fourth-order valence-corrected chi connectivity index (χ4v) is 5.66. The lowest BCUT2D eigenvalue weighted by Gasteiger charge is -2.34. The Morgan fingerprint density at radius 3 is 2.43 bits per heavy atom. The van der Waals surface area contributed by atoms with Crippen LogP contribution >= 0.6 is 11.8 Å². The molecule has 2 aromatic carbocycles. The van der Waals surface area contributed by atoms with Crippen LogP contribution < -0.4 is 0 Å². The topological polar surface area (TPSA) is 29.5 Å². The molecule has 1 N–H and O–H groups in total. The third-order valence-electron chi connectivity index (χ3n) is 5.92. The molecular weight excluding hydrogens is 364 g/mol. The maximum absolute atomic E-state index is 9.90. The summed E-state index contributed by atoms with van der Waals surface area (Å²) >= 11 is 1.90. The molecule has 2 atom stereocenters. The Labute approximate surface area is 174 Å². The zero-order valence-corrected chi connectivity index (χ0v) is 18.1. The number of unbranched alkanes of at least 4 members (excludes halogenated alkanes) is 5. The number of thioether (sulfide) groups is 1. The molecule has 3 rings (SSSR count). The number of phenolic OH excluding ortho intramolecular Hbond substituents is 1. The molecule has 28 heavy (non-hydrogen) atoms. The summed E-state index contributed by atoms with van der Waals surface area (Å²) in [6, 6.07) is 15.1. The van der Waals surface area contributed by atoms with Crippen LogP contribution in [0.4, 0.5) is 0 Å². The van der Waals surface area contributed by atoms with Gasteiger partial charge in [-0.3, -0.25) is 0 Å². The molecule has 1 aliphatic heterocycles. The van der Waals surface area contributed by atoms with Crippen molar-refractivity contribution < 1.29 is 9.84 Å². The van der Waals surface area contributed by atoms with E-state index in [1.165, 1.54) is 66.5 Å². The van der Waals surface area contributed by atoms with Gasteiger partial charge in [0.15, 0.2) is 0 Å². The standard InChI is InChI=1S/C25H34O2S/c1-19-10-12-20(13-11-19)24-18-28-25-17-21(26)14-15-23(25)22(24)9-7-5-3-4-6-8-16-27-2/h10-15,17,22,24,26H,3-9,16,18H2,1-2H3. The first-order chi connectivity index (χ1) is 13.7. The number of fused-ring (bicyclic) bond motifs is 1. The van der Waals surface area contributed by atoms with E-state index in [1.54, 1.807) is 7.11 Å². The van der Waals surface area contributed by atoms with Crippen LogP contribution in [0.5, 0.6) is 5.75 Å². The van der Waals surface area contributed by atoms with Crippen LogP contribution in [0, 0.1) is 6.92 Å². The van der Waals surface area contributed by atoms with Gasteiger partial charge >= 0.3 is 0 Å². The van der Waals surface area contributed by atoms with Gasteiger partial charge in [0.25, 0.3) is 0 Å². The molecule has 0 fully saturated rings. The average Bonchev–Trinajstić information content (AvgIpc) is 2.70. The number of hydrogen-bond donors (Lipinski definition) is 1. The van der Waals surface area contributed by atoms with E-state index in [0.29, 0.717) is 17.6 Å². The molecule has 2 nitrogen and oxygen atoms in total. The highest BCUT2D eigenvalue weighted by Gasteiger charge is 2.31. The van der Waals surface area contributed by atoms with Crippen molar-refractivity contribution in [2.24, 2.45) is 0 Å². The van der Waals surface area contributed by atoms with Crippen molar-refractivity contribution in [3.05, 3.63) is 59.2 Å². The summed E-state index contributed by atoms with van der Waals surface area (Å²) in [5.41, 5.74) is 4.21. The Kier molecular flexibility index (Phi) is 8.29. The van der Waals surface area contributed by atoms with Crippen LogP contribution in [-0.4, -0.2) is 24.6 Å². The van der Waals surface area contributed by atoms with Gasteiger partial charge in [0, 0.05) is 30.3 Å². The van der Waals surface area contributed by atoms with Crippen LogP contribution in [0.15, 0.2) is 47.4 Å². The smallest absolute Gasteiger partial charge is 0.116 e. The van der Waals surface area contributed by atoms with Crippen molar-refractivity contribution in [2.45, 2.75) is 68.6 Å². The second-order valence-electron chi connectivity index (χ2n) is 8.06. The molecule has 0 amide bonds. The molecule has 0 bridgehead atoms. The zero-order chi connectivity index (χ0) is 19.8. The van der Waals surface area contributed by atoms with E-state index in [0.717, 1.165) is 12.4 Å². The van der Waals surface area contributed by atoms with Gasteiger partial charge < -0.3 is 9.84 Å². The molecule has 0 radical (unpaired) electrons. The highest BCUT2D eigenvalue weighted by molar-refractivity contribution is 7.99. The summed E-state index contributed by atoms with van der Waals surface area (Å²) in [4.78, 5) is 1.27. The molecule has 152 valence electrons. The van der Waals surface area contributed by atoms with E-state index >= 15 is 0 Å². The highest BCUT2D eigenvalue weighted by Crippen LogP contribution is 2.48. The summed E-state index contributed by atoms with van der Waals surface area (Å²) in [6.45, 7) is 3.04. The number of aromatic hydroxyl groups is 1. The largest absolute Gasteiger partial charge is 0.508 e. The Bertz CT molecular complexity index is 726. The average molecular weight is 399 g/mol. The number of rotatable bonds is 10. The summed E-state index contributed by atoms with van der Waals surface area (Å²) in [6.07, 6.45) is 8.92. The van der Waals surface area contributed by atoms with Gasteiger partial charge in [-0.1, -0.05) is 68.0 Å². The molecule has 0 aromatic heterocycles. The molecule has 0 aliphatic carbocycles. The molecular formula is C25H34O2S. The van der Waals surface area contributed by atoms with Crippen LogP contribution in [0.2, 0.25) is 0 Å². The molecule has 1 heterocycles. The lowest BCUT2D eigenvalue weighted by Crippen LogP contribution is -2.19. The summed E-state index contributed by atoms with van der Waals surface area (Å²) in [5.74, 6) is 2.59. The quantitative estimate of drug-likeness (QED) is 0.435. The van der Waals surface area contributed by atoms with Gasteiger partial charge in [-0.25, -0.2) is 0 Å². The number of benzene rings is 2. The monoisotopic (exact) mass is 398 g/mol. The van der Waals surface area contributed by atoms with E-state index in [1.807, 2.05) is 23.9 Å². The first-order valence-electron chi connectivity index (χ1n) is 10.7. The van der Waals surface area contributed by atoms with Gasteiger partial charge in [0.05, 0.1) is 0 Å². The Morgan fingerprint density at radius 1 is 0.964 bits per heavy atom. The number of aryl methyl sites for hydroxylation is 1. The number of ether oxygens (including phenoxy) is 1. The zero-order valence-electron chi connectivity index (χ0n) is 17.3. The van der Waals surface area contributed by atoms with Crippen molar-refractivity contribution in [3.63, 3.8) is 0 Å². The third-order valence-corrected chi connectivity index (χ3v) is 7.11. The minimum atomic E-state index is 0.384. The molecule has 1 aliphatic rings. The molecule has 3 heteroatoms. The van der Waals surface area contributed by atoms with Crippen LogP contribution in [0.25, 0.3) is 0 Å². The van der Waals surface area contributed by atoms with E-state index in [9.17, 15) is 5.11 Å². The summed E-state index contributed by atoms with van der Waals surface area (Å²) in [7, 11) is 1.78. The maximum atomic E-state index is 9.90. The van der Waals surface area contributed by atoms with Crippen LogP contribution in [-0.2, 0) is 4.74 Å². The minimum absolute atomic E-state index is 0.384. The van der Waals surface area contributed by atoms with Crippen molar-refractivity contribution in [3.8, 4) is 5.75 Å². The van der Waals surface area contributed by atoms with Crippen molar-refractivity contribution >= 4 is 11.8 Å². The second-order valence-corrected chi connectivity index (χ2v) is 9.12. The molecule has 2 unspecified atom stereocenters. The normalized spacial score (nSPS) is 18.8. The molecule has 2 aromatic rings. The van der Waals surface area contributed by atoms with Crippen molar-refractivity contribution in [1.29, 1.82) is 0 Å². The highest BCUT2D eigenvalue weighted by atomic mass is 32.2. The second kappa shape index (κ2) is 10.9. The van der Waals surface area contributed by atoms with Gasteiger partial charge in [-0.2, -0.15) is 0 Å². The first-order valence-corrected chi connectivity index (χ1v) is 11.7.